The smallest absolute Gasteiger partial charge is 0.330 e. The number of carbonyl (C=O) groups is 3. The Morgan fingerprint density at radius 1 is 0.911 bits per heavy atom. The van der Waals surface area contributed by atoms with Crippen LogP contribution in [0.1, 0.15) is 44.7 Å². The first kappa shape index (κ1) is 37.2. The molecule has 45 heavy (non-hydrogen) atoms. The highest BCUT2D eigenvalue weighted by atomic mass is 32.2. The van der Waals surface area contributed by atoms with Gasteiger partial charge in [0.2, 0.25) is 0 Å². The number of benzene rings is 2. The van der Waals surface area contributed by atoms with Crippen molar-refractivity contribution >= 4 is 27.7 Å². The maximum atomic E-state index is 12.5. The van der Waals surface area contributed by atoms with Gasteiger partial charge in [0.05, 0.1) is 36.9 Å². The van der Waals surface area contributed by atoms with Crippen LogP contribution >= 0.6 is 0 Å². The van der Waals surface area contributed by atoms with E-state index in [1.807, 2.05) is 19.1 Å². The predicted octanol–water partition coefficient (Wildman–Crippen LogP) is 4.04. The molecule has 4 atom stereocenters. The number of sulfone groups is 1. The standard InChI is InChI=1S/C33H42O11S/c1-23-9-15-29(16-10-23)45(38,39)20-19-41-31(35)8-6-7-25(3)43-32(36)18-17-30(26(4)44-33(37)21-24(2)34)42-22-27-11-13-28(40-5)14-12-27/h6,8-18,24-26,30,34H,7,19-22H2,1-5H3/b8-6+,18-17+/t24-,25+,26+,30-/m1/s1. The molecule has 11 nitrogen and oxygen atoms in total. The van der Waals surface area contributed by atoms with Crippen LogP contribution in [-0.2, 0) is 49.8 Å². The number of esters is 3. The van der Waals surface area contributed by atoms with Crippen LogP contribution in [0.5, 0.6) is 5.75 Å². The SMILES string of the molecule is COc1ccc(CO[C@H](/C=C/C(=O)O[C@@H](C)C/C=C/C(=O)OCCS(=O)(=O)c2ccc(C)cc2)[C@H](C)OC(=O)C[C@@H](C)O)cc1. The van der Waals surface area contributed by atoms with Crippen LogP contribution in [0, 0.1) is 6.92 Å². The van der Waals surface area contributed by atoms with Crippen molar-refractivity contribution in [2.45, 2.75) is 76.5 Å². The first-order valence-corrected chi connectivity index (χ1v) is 16.1. The van der Waals surface area contributed by atoms with Crippen LogP contribution in [0.2, 0.25) is 0 Å². The lowest BCUT2D eigenvalue weighted by atomic mass is 10.2. The molecule has 0 fully saturated rings. The van der Waals surface area contributed by atoms with Crippen molar-refractivity contribution < 1.29 is 51.6 Å². The van der Waals surface area contributed by atoms with E-state index in [0.29, 0.717) is 5.75 Å². The van der Waals surface area contributed by atoms with Crippen molar-refractivity contribution in [3.8, 4) is 5.75 Å². The van der Waals surface area contributed by atoms with Crippen molar-refractivity contribution in [1.82, 2.24) is 0 Å². The van der Waals surface area contributed by atoms with Crippen LogP contribution in [0.25, 0.3) is 0 Å². The molecular formula is C33H42O11S. The fraction of sp³-hybridized carbons (Fsp3) is 0.424. The van der Waals surface area contributed by atoms with Gasteiger partial charge in [-0.15, -0.1) is 0 Å². The number of carbonyl (C=O) groups excluding carboxylic acids is 3. The fourth-order valence-corrected chi connectivity index (χ4v) is 4.89. The Balaban J connectivity index is 1.86. The Morgan fingerprint density at radius 2 is 1.58 bits per heavy atom. The van der Waals surface area contributed by atoms with Gasteiger partial charge < -0.3 is 28.8 Å². The molecule has 0 aliphatic carbocycles. The molecule has 0 spiro atoms. The summed E-state index contributed by atoms with van der Waals surface area (Å²) < 4.78 is 51.5. The molecule has 0 heterocycles. The summed E-state index contributed by atoms with van der Waals surface area (Å²) in [4.78, 5) is 36.7. The van der Waals surface area contributed by atoms with Gasteiger partial charge in [-0.2, -0.15) is 0 Å². The van der Waals surface area contributed by atoms with Crippen LogP contribution in [0.3, 0.4) is 0 Å². The van der Waals surface area contributed by atoms with Crippen molar-refractivity contribution in [3.63, 3.8) is 0 Å². The minimum Gasteiger partial charge on any atom is -0.497 e. The molecule has 2 aromatic rings. The minimum atomic E-state index is -3.58. The van der Waals surface area contributed by atoms with E-state index in [0.717, 1.165) is 17.2 Å². The van der Waals surface area contributed by atoms with Gasteiger partial charge in [0.1, 0.15) is 30.7 Å². The van der Waals surface area contributed by atoms with Gasteiger partial charge in [0.15, 0.2) is 9.84 Å². The molecular weight excluding hydrogens is 604 g/mol. The summed E-state index contributed by atoms with van der Waals surface area (Å²) in [6, 6.07) is 13.6. The highest BCUT2D eigenvalue weighted by molar-refractivity contribution is 7.91. The summed E-state index contributed by atoms with van der Waals surface area (Å²) in [6.07, 6.45) is 2.15. The lowest BCUT2D eigenvalue weighted by Crippen LogP contribution is -2.31. The molecule has 0 radical (unpaired) electrons. The second-order valence-electron chi connectivity index (χ2n) is 10.4. The normalized spacial score (nSPS) is 14.4. The molecule has 0 amide bonds. The number of hydrogen-bond acceptors (Lipinski definition) is 11. The van der Waals surface area contributed by atoms with E-state index in [-0.39, 0.29) is 36.7 Å². The highest BCUT2D eigenvalue weighted by Crippen LogP contribution is 2.16. The summed E-state index contributed by atoms with van der Waals surface area (Å²) >= 11 is 0. The number of aliphatic hydroxyl groups is 1. The largest absolute Gasteiger partial charge is 0.497 e. The lowest BCUT2D eigenvalue weighted by molar-refractivity contribution is -0.156. The Kier molecular flexibility index (Phi) is 15.5. The molecule has 0 aliphatic heterocycles. The Labute approximate surface area is 264 Å². The molecule has 0 unspecified atom stereocenters. The monoisotopic (exact) mass is 646 g/mol. The first-order valence-electron chi connectivity index (χ1n) is 14.4. The zero-order valence-electron chi connectivity index (χ0n) is 26.2. The quantitative estimate of drug-likeness (QED) is 0.142. The van der Waals surface area contributed by atoms with Crippen LogP contribution < -0.4 is 4.74 Å². The lowest BCUT2D eigenvalue weighted by Gasteiger charge is -2.22. The third-order valence-corrected chi connectivity index (χ3v) is 7.98. The van der Waals surface area contributed by atoms with Gasteiger partial charge in [-0.05, 0) is 63.6 Å². The van der Waals surface area contributed by atoms with Gasteiger partial charge in [-0.1, -0.05) is 35.9 Å². The van der Waals surface area contributed by atoms with Crippen molar-refractivity contribution in [2.75, 3.05) is 19.5 Å². The second-order valence-corrected chi connectivity index (χ2v) is 12.5. The molecule has 12 heteroatoms. The number of aryl methyl sites for hydroxylation is 1. The summed E-state index contributed by atoms with van der Waals surface area (Å²) in [5.41, 5.74) is 1.76. The third-order valence-electron chi connectivity index (χ3n) is 6.28. The number of hydrogen-bond donors (Lipinski definition) is 1. The summed E-state index contributed by atoms with van der Waals surface area (Å²) in [5.74, 6) is -1.68. The Bertz CT molecular complexity index is 1400. The summed E-state index contributed by atoms with van der Waals surface area (Å²) in [7, 11) is -2.02. The summed E-state index contributed by atoms with van der Waals surface area (Å²) in [6.45, 7) is 6.42. The maximum Gasteiger partial charge on any atom is 0.330 e. The van der Waals surface area contributed by atoms with Gasteiger partial charge in [-0.3, -0.25) is 4.79 Å². The number of ether oxygens (including phenoxy) is 5. The second kappa shape index (κ2) is 18.7. The molecule has 0 saturated carbocycles. The van der Waals surface area contributed by atoms with Gasteiger partial charge in [0, 0.05) is 18.6 Å². The van der Waals surface area contributed by atoms with E-state index in [2.05, 4.69) is 0 Å². The topological polar surface area (TPSA) is 152 Å². The van der Waals surface area contributed by atoms with Crippen molar-refractivity contribution in [2.24, 2.45) is 0 Å². The predicted molar refractivity (Wildman–Crippen MR) is 166 cm³/mol. The number of aliphatic hydroxyl groups excluding tert-OH is 1. The molecule has 246 valence electrons. The number of rotatable bonds is 18. The number of methoxy groups -OCH3 is 1. The van der Waals surface area contributed by atoms with E-state index in [1.54, 1.807) is 45.2 Å². The molecule has 2 rings (SSSR count). The molecule has 0 saturated heterocycles. The minimum absolute atomic E-state index is 0.154. The van der Waals surface area contributed by atoms with Crippen LogP contribution in [0.4, 0.5) is 0 Å². The zero-order chi connectivity index (χ0) is 33.4. The maximum absolute atomic E-state index is 12.5. The van der Waals surface area contributed by atoms with E-state index < -0.39 is 52.2 Å². The molecule has 2 aromatic carbocycles. The van der Waals surface area contributed by atoms with E-state index in [1.165, 1.54) is 37.3 Å². The average Bonchev–Trinajstić information content (AvgIpc) is 2.97. The molecule has 0 aromatic heterocycles. The highest BCUT2D eigenvalue weighted by Gasteiger charge is 2.21. The third kappa shape index (κ3) is 14.6. The van der Waals surface area contributed by atoms with Crippen LogP contribution in [0.15, 0.2) is 77.7 Å². The first-order chi connectivity index (χ1) is 21.3. The summed E-state index contributed by atoms with van der Waals surface area (Å²) in [5, 5.41) is 9.46. The van der Waals surface area contributed by atoms with Crippen LogP contribution in [-0.4, -0.2) is 75.3 Å². The van der Waals surface area contributed by atoms with E-state index in [4.69, 9.17) is 23.7 Å². The van der Waals surface area contributed by atoms with Gasteiger partial charge >= 0.3 is 17.9 Å². The van der Waals surface area contributed by atoms with E-state index >= 15 is 0 Å². The zero-order valence-corrected chi connectivity index (χ0v) is 27.0. The Hall–Kier alpha value is -4.00. The molecule has 1 N–H and O–H groups in total. The average molecular weight is 647 g/mol. The molecule has 0 bridgehead atoms. The van der Waals surface area contributed by atoms with Crippen molar-refractivity contribution in [1.29, 1.82) is 0 Å². The van der Waals surface area contributed by atoms with Gasteiger partial charge in [0.25, 0.3) is 0 Å². The van der Waals surface area contributed by atoms with E-state index in [9.17, 15) is 27.9 Å². The molecule has 0 aliphatic rings. The van der Waals surface area contributed by atoms with Gasteiger partial charge in [-0.25, -0.2) is 18.0 Å². The fourth-order valence-electron chi connectivity index (χ4n) is 3.80. The Morgan fingerprint density at radius 3 is 2.20 bits per heavy atom. The van der Waals surface area contributed by atoms with Crippen molar-refractivity contribution in [3.05, 3.63) is 84.0 Å².